The lowest BCUT2D eigenvalue weighted by Crippen LogP contribution is -2.64. The van der Waals surface area contributed by atoms with E-state index in [0.717, 1.165) is 44.3 Å². The van der Waals surface area contributed by atoms with E-state index in [1.165, 1.54) is 12.7 Å². The van der Waals surface area contributed by atoms with Gasteiger partial charge in [0.1, 0.15) is 0 Å². The molecule has 2 saturated heterocycles. The molecule has 0 amide bonds. The average Bonchev–Trinajstić information content (AvgIpc) is 3.18. The molecule has 6 heteroatoms. The van der Waals surface area contributed by atoms with Gasteiger partial charge in [-0.2, -0.15) is 0 Å². The number of aliphatic hydroxyl groups is 1. The summed E-state index contributed by atoms with van der Waals surface area (Å²) in [6.45, 7) is 4.32. The van der Waals surface area contributed by atoms with Crippen molar-refractivity contribution >= 4 is 11.8 Å². The number of methoxy groups -OCH3 is 1. The molecule has 2 spiro atoms. The number of allylic oxidation sites excluding steroid dienone is 1. The molecule has 3 fully saturated rings. The van der Waals surface area contributed by atoms with Gasteiger partial charge in [0.15, 0.2) is 11.6 Å². The number of nitrogens with zero attached hydrogens (tertiary/aromatic N) is 1. The standard InChI is InChI=1S/C23H33NO5/c1-4-23(27)8-7-21(13-29-23)14-5-6-15-18(25)9-16-17(20(26)28-3)10-22(21,19(15)16)12-24(2)11-14/h14,16-17,27H,4-13H2,1-3H3. The van der Waals surface area contributed by atoms with Crippen molar-refractivity contribution in [1.29, 1.82) is 0 Å². The van der Waals surface area contributed by atoms with Crippen molar-refractivity contribution < 1.29 is 24.2 Å². The molecule has 1 N–H and O–H groups in total. The third-order valence-corrected chi connectivity index (χ3v) is 9.17. The Kier molecular flexibility index (Phi) is 4.34. The monoisotopic (exact) mass is 403 g/mol. The summed E-state index contributed by atoms with van der Waals surface area (Å²) in [4.78, 5) is 28.2. The van der Waals surface area contributed by atoms with E-state index in [1.54, 1.807) is 0 Å². The van der Waals surface area contributed by atoms with Gasteiger partial charge in [-0.25, -0.2) is 0 Å². The number of likely N-dealkylation sites (tertiary alicyclic amines) is 1. The van der Waals surface area contributed by atoms with Gasteiger partial charge in [0.25, 0.3) is 0 Å². The van der Waals surface area contributed by atoms with Crippen LogP contribution in [-0.2, 0) is 19.1 Å². The molecule has 0 aromatic carbocycles. The van der Waals surface area contributed by atoms with Crippen LogP contribution < -0.4 is 0 Å². The first kappa shape index (κ1) is 19.7. The molecular weight excluding hydrogens is 370 g/mol. The molecule has 0 aromatic rings. The number of rotatable bonds is 2. The van der Waals surface area contributed by atoms with Crippen LogP contribution in [0.4, 0.5) is 0 Å². The lowest BCUT2D eigenvalue weighted by molar-refractivity contribution is -0.284. The number of piperidine rings is 1. The Morgan fingerprint density at radius 2 is 2.17 bits per heavy atom. The summed E-state index contributed by atoms with van der Waals surface area (Å²) < 4.78 is 11.4. The molecule has 1 saturated carbocycles. The molecule has 6 unspecified atom stereocenters. The molecular formula is C23H33NO5. The third kappa shape index (κ3) is 2.45. The summed E-state index contributed by atoms with van der Waals surface area (Å²) in [5.74, 6) is -0.842. The van der Waals surface area contributed by atoms with Gasteiger partial charge in [0.2, 0.25) is 0 Å². The smallest absolute Gasteiger partial charge is 0.309 e. The van der Waals surface area contributed by atoms with E-state index in [0.29, 0.717) is 31.8 Å². The Bertz CT molecular complexity index is 780. The van der Waals surface area contributed by atoms with Crippen LogP contribution in [0.15, 0.2) is 11.1 Å². The van der Waals surface area contributed by atoms with Crippen molar-refractivity contribution in [2.45, 2.75) is 57.7 Å². The second-order valence-electron chi connectivity index (χ2n) is 10.2. The van der Waals surface area contributed by atoms with E-state index >= 15 is 0 Å². The molecule has 3 aliphatic carbocycles. The molecule has 2 heterocycles. The fraction of sp³-hybridized carbons (Fsp3) is 0.826. The second-order valence-corrected chi connectivity index (χ2v) is 10.2. The summed E-state index contributed by atoms with van der Waals surface area (Å²) in [7, 11) is 3.62. The Hall–Kier alpha value is -1.24. The summed E-state index contributed by atoms with van der Waals surface area (Å²) in [6.07, 6.45) is 5.10. The molecule has 6 nitrogen and oxygen atoms in total. The van der Waals surface area contributed by atoms with Crippen molar-refractivity contribution in [3.8, 4) is 0 Å². The predicted octanol–water partition coefficient (Wildman–Crippen LogP) is 2.30. The van der Waals surface area contributed by atoms with Crippen LogP contribution in [0.1, 0.15) is 51.9 Å². The van der Waals surface area contributed by atoms with Crippen LogP contribution in [0.2, 0.25) is 0 Å². The highest BCUT2D eigenvalue weighted by Crippen LogP contribution is 2.71. The Morgan fingerprint density at radius 1 is 1.38 bits per heavy atom. The number of esters is 1. The van der Waals surface area contributed by atoms with E-state index in [1.807, 2.05) is 6.92 Å². The zero-order chi connectivity index (χ0) is 20.6. The Labute approximate surface area is 172 Å². The molecule has 0 aromatic heterocycles. The number of ketones is 1. The lowest BCUT2D eigenvalue weighted by Gasteiger charge is -2.61. The van der Waals surface area contributed by atoms with Crippen LogP contribution in [0.25, 0.3) is 0 Å². The summed E-state index contributed by atoms with van der Waals surface area (Å²) in [5, 5.41) is 10.8. The van der Waals surface area contributed by atoms with E-state index in [9.17, 15) is 14.7 Å². The summed E-state index contributed by atoms with van der Waals surface area (Å²) in [6, 6.07) is 0. The minimum Gasteiger partial charge on any atom is -0.469 e. The first-order valence-corrected chi connectivity index (χ1v) is 11.2. The first-order valence-electron chi connectivity index (χ1n) is 11.2. The molecule has 2 bridgehead atoms. The normalized spacial score (nSPS) is 46.8. The van der Waals surface area contributed by atoms with Crippen molar-refractivity contribution in [1.82, 2.24) is 4.90 Å². The highest BCUT2D eigenvalue weighted by molar-refractivity contribution is 6.01. The second kappa shape index (κ2) is 6.38. The van der Waals surface area contributed by atoms with Gasteiger partial charge in [-0.3, -0.25) is 9.59 Å². The van der Waals surface area contributed by atoms with Crippen molar-refractivity contribution in [3.63, 3.8) is 0 Å². The lowest BCUT2D eigenvalue weighted by atomic mass is 9.50. The average molecular weight is 404 g/mol. The quantitative estimate of drug-likeness (QED) is 0.713. The summed E-state index contributed by atoms with van der Waals surface area (Å²) >= 11 is 0. The highest BCUT2D eigenvalue weighted by atomic mass is 16.6. The molecule has 5 aliphatic rings. The van der Waals surface area contributed by atoms with Gasteiger partial charge in [0, 0.05) is 42.7 Å². The molecule has 0 radical (unpaired) electrons. The van der Waals surface area contributed by atoms with Crippen molar-refractivity contribution in [2.75, 3.05) is 33.9 Å². The van der Waals surface area contributed by atoms with Gasteiger partial charge >= 0.3 is 5.97 Å². The maximum absolute atomic E-state index is 13.0. The zero-order valence-corrected chi connectivity index (χ0v) is 17.8. The van der Waals surface area contributed by atoms with Gasteiger partial charge in [-0.1, -0.05) is 12.5 Å². The third-order valence-electron chi connectivity index (χ3n) is 9.17. The number of Topliss-reactive ketones (excluding diaryl/α,β-unsaturated/α-hetero) is 1. The topological polar surface area (TPSA) is 76.1 Å². The van der Waals surface area contributed by atoms with Crippen molar-refractivity contribution in [2.24, 2.45) is 28.6 Å². The fourth-order valence-corrected chi connectivity index (χ4v) is 7.82. The molecule has 160 valence electrons. The number of hydrogen-bond acceptors (Lipinski definition) is 6. The molecule has 6 atom stereocenters. The molecule has 2 aliphatic heterocycles. The maximum atomic E-state index is 13.0. The molecule has 5 rings (SSSR count). The van der Waals surface area contributed by atoms with Crippen molar-refractivity contribution in [3.05, 3.63) is 11.1 Å². The fourth-order valence-electron chi connectivity index (χ4n) is 7.82. The molecule has 29 heavy (non-hydrogen) atoms. The highest BCUT2D eigenvalue weighted by Gasteiger charge is 2.70. The van der Waals surface area contributed by atoms with Crippen LogP contribution in [0.3, 0.4) is 0 Å². The number of ether oxygens (including phenoxy) is 2. The van der Waals surface area contributed by atoms with Crippen LogP contribution in [-0.4, -0.2) is 61.4 Å². The van der Waals surface area contributed by atoms with Crippen LogP contribution in [0.5, 0.6) is 0 Å². The van der Waals surface area contributed by atoms with Gasteiger partial charge in [-0.05, 0) is 50.6 Å². The van der Waals surface area contributed by atoms with Crippen LogP contribution in [0, 0.1) is 28.6 Å². The van der Waals surface area contributed by atoms with Crippen LogP contribution >= 0.6 is 0 Å². The number of carbonyl (C=O) groups is 2. The van der Waals surface area contributed by atoms with E-state index < -0.39 is 5.79 Å². The number of carbonyl (C=O) groups excluding carboxylic acids is 2. The SMILES string of the molecule is CCC1(O)CCC2(CO1)C1CCC3=C4C(CC3=O)C(C(=O)OC)CC42CN(C)C1. The minimum absolute atomic E-state index is 0.0148. The summed E-state index contributed by atoms with van der Waals surface area (Å²) in [5.41, 5.74) is 1.91. The zero-order valence-electron chi connectivity index (χ0n) is 17.8. The largest absolute Gasteiger partial charge is 0.469 e. The van der Waals surface area contributed by atoms with Gasteiger partial charge < -0.3 is 19.5 Å². The van der Waals surface area contributed by atoms with E-state index in [4.69, 9.17) is 9.47 Å². The maximum Gasteiger partial charge on any atom is 0.309 e. The Balaban J connectivity index is 1.67. The first-order chi connectivity index (χ1) is 13.8. The minimum atomic E-state index is -1.04. The van der Waals surface area contributed by atoms with E-state index in [2.05, 4.69) is 11.9 Å². The van der Waals surface area contributed by atoms with E-state index in [-0.39, 0.29) is 34.4 Å². The predicted molar refractivity (Wildman–Crippen MR) is 106 cm³/mol. The Morgan fingerprint density at radius 3 is 2.83 bits per heavy atom. The number of hydrogen-bond donors (Lipinski definition) is 1. The van der Waals surface area contributed by atoms with Gasteiger partial charge in [-0.15, -0.1) is 0 Å². The van der Waals surface area contributed by atoms with Gasteiger partial charge in [0.05, 0.1) is 19.6 Å².